The summed E-state index contributed by atoms with van der Waals surface area (Å²) in [6, 6.07) is 11.8. The van der Waals surface area contributed by atoms with Crippen molar-refractivity contribution in [2.75, 3.05) is 32.0 Å². The number of carbonyl (C=O) groups is 1. The van der Waals surface area contributed by atoms with Gasteiger partial charge < -0.3 is 15.8 Å². The molecule has 0 radical (unpaired) electrons. The largest absolute Gasteiger partial charge is 0.489 e. The molecule has 12 heteroatoms. The van der Waals surface area contributed by atoms with Gasteiger partial charge in [-0.2, -0.15) is 9.07 Å². The average Bonchev–Trinajstić information content (AvgIpc) is 3.40. The van der Waals surface area contributed by atoms with Crippen LogP contribution in [0.4, 0.5) is 14.6 Å². The number of hydrogen-bond donors (Lipinski definition) is 2. The standard InChI is InChI=1S/C28H28F2N8O2/c29-24-22(9-10-23(25(24)30)40-14-13-37-11-1-2-12-37)38-27(34-35-36-38)21-15-19(16-32-26(21)31)17-3-5-18(6-4-17)28(39)33-20-7-8-20/h3-6,9-10,15-16,20H,1-2,7-8,11-14H2,(H2,31,32)(H,33,39). The SMILES string of the molecule is Nc1ncc(-c2ccc(C(=O)NC3CC3)cc2)cc1-c1nnnn1-c1ccc(OCCN2CCCC2)c(F)c1F. The summed E-state index contributed by atoms with van der Waals surface area (Å²) in [7, 11) is 0. The van der Waals surface area contributed by atoms with Crippen molar-refractivity contribution >= 4 is 11.7 Å². The normalized spacial score (nSPS) is 15.3. The van der Waals surface area contributed by atoms with Gasteiger partial charge in [-0.1, -0.05) is 12.1 Å². The van der Waals surface area contributed by atoms with Gasteiger partial charge in [0.1, 0.15) is 18.1 Å². The molecule has 40 heavy (non-hydrogen) atoms. The summed E-state index contributed by atoms with van der Waals surface area (Å²) in [5, 5.41) is 14.5. The number of pyridine rings is 1. The third kappa shape index (κ3) is 5.34. The minimum atomic E-state index is -1.14. The lowest BCUT2D eigenvalue weighted by molar-refractivity contribution is 0.0951. The Kier molecular flexibility index (Phi) is 7.08. The van der Waals surface area contributed by atoms with Crippen LogP contribution in [0.25, 0.3) is 28.2 Å². The van der Waals surface area contributed by atoms with Crippen LogP contribution in [0, 0.1) is 11.6 Å². The first-order valence-corrected chi connectivity index (χ1v) is 13.3. The lowest BCUT2D eigenvalue weighted by Crippen LogP contribution is -2.25. The number of nitrogen functional groups attached to an aromatic ring is 1. The van der Waals surface area contributed by atoms with Gasteiger partial charge in [0.15, 0.2) is 17.4 Å². The van der Waals surface area contributed by atoms with Crippen LogP contribution in [0.1, 0.15) is 36.0 Å². The smallest absolute Gasteiger partial charge is 0.251 e. The van der Waals surface area contributed by atoms with Crippen LogP contribution in [-0.4, -0.2) is 68.3 Å². The molecule has 1 aliphatic carbocycles. The molecule has 0 atom stereocenters. The fourth-order valence-electron chi connectivity index (χ4n) is 4.73. The quantitative estimate of drug-likeness (QED) is 0.326. The number of anilines is 1. The highest BCUT2D eigenvalue weighted by Crippen LogP contribution is 2.32. The summed E-state index contributed by atoms with van der Waals surface area (Å²) in [6.45, 7) is 2.89. The summed E-state index contributed by atoms with van der Waals surface area (Å²) in [4.78, 5) is 18.8. The van der Waals surface area contributed by atoms with Crippen LogP contribution in [0.2, 0.25) is 0 Å². The molecule has 1 saturated heterocycles. The van der Waals surface area contributed by atoms with E-state index in [-0.39, 0.29) is 41.6 Å². The molecule has 206 valence electrons. The number of amides is 1. The Morgan fingerprint density at radius 2 is 1.82 bits per heavy atom. The molecule has 4 aromatic rings. The van der Waals surface area contributed by atoms with Gasteiger partial charge in [-0.05, 0) is 85.1 Å². The number of ether oxygens (including phenoxy) is 1. The molecule has 6 rings (SSSR count). The number of halogens is 2. The Hall–Kier alpha value is -4.45. The first kappa shape index (κ1) is 25.8. The van der Waals surface area contributed by atoms with Crippen molar-refractivity contribution in [3.63, 3.8) is 0 Å². The molecule has 1 aliphatic heterocycles. The van der Waals surface area contributed by atoms with E-state index in [0.29, 0.717) is 23.2 Å². The van der Waals surface area contributed by atoms with Gasteiger partial charge in [0.2, 0.25) is 5.82 Å². The first-order valence-electron chi connectivity index (χ1n) is 13.3. The fraction of sp³-hybridized carbons (Fsp3) is 0.321. The van der Waals surface area contributed by atoms with Gasteiger partial charge >= 0.3 is 0 Å². The molecular formula is C28H28F2N8O2. The third-order valence-electron chi connectivity index (χ3n) is 7.14. The zero-order valence-corrected chi connectivity index (χ0v) is 21.7. The van der Waals surface area contributed by atoms with E-state index < -0.39 is 11.6 Å². The van der Waals surface area contributed by atoms with Gasteiger partial charge in [-0.3, -0.25) is 9.69 Å². The Balaban J connectivity index is 1.24. The topological polar surface area (TPSA) is 124 Å². The second kappa shape index (κ2) is 11.0. The molecule has 3 heterocycles. The van der Waals surface area contributed by atoms with Gasteiger partial charge in [-0.25, -0.2) is 9.37 Å². The Morgan fingerprint density at radius 1 is 1.05 bits per heavy atom. The summed E-state index contributed by atoms with van der Waals surface area (Å²) >= 11 is 0. The van der Waals surface area contributed by atoms with Crippen molar-refractivity contribution in [1.29, 1.82) is 0 Å². The molecule has 2 aliphatic rings. The summed E-state index contributed by atoms with van der Waals surface area (Å²) < 4.78 is 36.8. The van der Waals surface area contributed by atoms with Gasteiger partial charge in [0.25, 0.3) is 5.91 Å². The maximum absolute atomic E-state index is 15.2. The average molecular weight is 547 g/mol. The molecule has 1 amide bonds. The van der Waals surface area contributed by atoms with E-state index in [4.69, 9.17) is 10.5 Å². The van der Waals surface area contributed by atoms with Gasteiger partial charge in [-0.15, -0.1) is 5.10 Å². The van der Waals surface area contributed by atoms with E-state index in [1.54, 1.807) is 36.5 Å². The number of nitrogens with zero attached hydrogens (tertiary/aromatic N) is 6. The number of tetrazole rings is 1. The zero-order chi connectivity index (χ0) is 27.6. The van der Waals surface area contributed by atoms with Crippen molar-refractivity contribution in [3.8, 4) is 34.0 Å². The van der Waals surface area contributed by atoms with Crippen LogP contribution in [0.15, 0.2) is 48.7 Å². The highest BCUT2D eigenvalue weighted by molar-refractivity contribution is 5.95. The number of benzene rings is 2. The molecule has 1 saturated carbocycles. The predicted molar refractivity (Wildman–Crippen MR) is 144 cm³/mol. The van der Waals surface area contributed by atoms with E-state index in [1.165, 1.54) is 12.1 Å². The monoisotopic (exact) mass is 546 g/mol. The second-order valence-corrected chi connectivity index (χ2v) is 10.0. The third-order valence-corrected chi connectivity index (χ3v) is 7.14. The predicted octanol–water partition coefficient (Wildman–Crippen LogP) is 3.62. The van der Waals surface area contributed by atoms with Crippen LogP contribution in [-0.2, 0) is 0 Å². The maximum atomic E-state index is 15.2. The summed E-state index contributed by atoms with van der Waals surface area (Å²) in [5.74, 6) is -2.34. The molecular weight excluding hydrogens is 518 g/mol. The minimum Gasteiger partial charge on any atom is -0.489 e. The van der Waals surface area contributed by atoms with E-state index in [2.05, 4.69) is 30.7 Å². The van der Waals surface area contributed by atoms with E-state index in [0.717, 1.165) is 49.0 Å². The number of hydrogen-bond acceptors (Lipinski definition) is 8. The number of carbonyl (C=O) groups excluding carboxylic acids is 1. The van der Waals surface area contributed by atoms with Gasteiger partial charge in [0, 0.05) is 29.9 Å². The number of likely N-dealkylation sites (tertiary alicyclic amines) is 1. The number of rotatable bonds is 9. The molecule has 2 aromatic carbocycles. The van der Waals surface area contributed by atoms with Crippen LogP contribution in [0.3, 0.4) is 0 Å². The number of aromatic nitrogens is 5. The maximum Gasteiger partial charge on any atom is 0.251 e. The number of nitrogens with one attached hydrogen (secondary N) is 1. The van der Waals surface area contributed by atoms with E-state index in [9.17, 15) is 9.18 Å². The fourth-order valence-corrected chi connectivity index (χ4v) is 4.73. The first-order chi connectivity index (χ1) is 19.5. The van der Waals surface area contributed by atoms with Crippen LogP contribution in [0.5, 0.6) is 5.75 Å². The molecule has 0 bridgehead atoms. The summed E-state index contributed by atoms with van der Waals surface area (Å²) in [5.41, 5.74) is 8.32. The van der Waals surface area contributed by atoms with Crippen molar-refractivity contribution in [1.82, 2.24) is 35.4 Å². The molecule has 0 unspecified atom stereocenters. The van der Waals surface area contributed by atoms with E-state index >= 15 is 4.39 Å². The van der Waals surface area contributed by atoms with Crippen molar-refractivity contribution < 1.29 is 18.3 Å². The van der Waals surface area contributed by atoms with E-state index in [1.807, 2.05) is 0 Å². The molecule has 0 spiro atoms. The second-order valence-electron chi connectivity index (χ2n) is 10.0. The minimum absolute atomic E-state index is 0.0910. The van der Waals surface area contributed by atoms with Crippen molar-refractivity contribution in [2.24, 2.45) is 0 Å². The van der Waals surface area contributed by atoms with Crippen LogP contribution >= 0.6 is 0 Å². The Morgan fingerprint density at radius 3 is 2.58 bits per heavy atom. The van der Waals surface area contributed by atoms with Crippen molar-refractivity contribution in [2.45, 2.75) is 31.7 Å². The highest BCUT2D eigenvalue weighted by Gasteiger charge is 2.24. The molecule has 2 aromatic heterocycles. The molecule has 10 nitrogen and oxygen atoms in total. The lowest BCUT2D eigenvalue weighted by atomic mass is 10.0. The van der Waals surface area contributed by atoms with Crippen molar-refractivity contribution in [3.05, 3.63) is 65.9 Å². The highest BCUT2D eigenvalue weighted by atomic mass is 19.2. The zero-order valence-electron chi connectivity index (χ0n) is 21.7. The Labute approximate surface area is 229 Å². The number of nitrogens with two attached hydrogens (primary N) is 1. The Bertz CT molecular complexity index is 1530. The lowest BCUT2D eigenvalue weighted by Gasteiger charge is -2.16. The summed E-state index contributed by atoms with van der Waals surface area (Å²) in [6.07, 6.45) is 5.88. The molecule has 2 fully saturated rings. The molecule has 3 N–H and O–H groups in total. The van der Waals surface area contributed by atoms with Crippen LogP contribution < -0.4 is 15.8 Å². The van der Waals surface area contributed by atoms with Gasteiger partial charge in [0.05, 0.1) is 5.56 Å².